The standard InChI is InChI=1S/C22H22BF6NO3/c1-13(18-11-30(23(2)32)12-19(18)14-6-4-3-5-7-14)33-20(31)15-8-16(21(24,25)26)10-17(9-15)22(27,28)29/h3-10,13,18-19,32H,11-12H2,1-2H3/t13?,18-,19?/m0/s1. The van der Waals surface area contributed by atoms with Gasteiger partial charge in [-0.15, -0.1) is 0 Å². The van der Waals surface area contributed by atoms with E-state index in [1.807, 2.05) is 30.3 Å². The maximum Gasteiger partial charge on any atom is 0.416 e. The number of carbonyl (C=O) groups is 1. The molecule has 178 valence electrons. The molecular formula is C22H22BF6NO3. The molecule has 2 aromatic rings. The normalized spacial score (nSPS) is 20.5. The van der Waals surface area contributed by atoms with Crippen LogP contribution in [0.2, 0.25) is 6.82 Å². The van der Waals surface area contributed by atoms with E-state index in [1.54, 1.807) is 18.6 Å². The number of rotatable bonds is 5. The molecule has 0 amide bonds. The van der Waals surface area contributed by atoms with Crippen LogP contribution in [0, 0.1) is 5.92 Å². The van der Waals surface area contributed by atoms with Crippen molar-refractivity contribution in [1.82, 2.24) is 4.81 Å². The Morgan fingerprint density at radius 3 is 2.06 bits per heavy atom. The van der Waals surface area contributed by atoms with Crippen LogP contribution in [0.15, 0.2) is 48.5 Å². The molecule has 1 N–H and O–H groups in total. The van der Waals surface area contributed by atoms with E-state index in [-0.39, 0.29) is 17.9 Å². The zero-order chi connectivity index (χ0) is 24.6. The molecule has 2 aromatic carbocycles. The van der Waals surface area contributed by atoms with E-state index >= 15 is 0 Å². The molecule has 1 saturated heterocycles. The Kier molecular flexibility index (Phi) is 7.14. The Morgan fingerprint density at radius 1 is 1.03 bits per heavy atom. The molecule has 0 radical (unpaired) electrons. The van der Waals surface area contributed by atoms with E-state index in [2.05, 4.69) is 0 Å². The van der Waals surface area contributed by atoms with E-state index in [0.29, 0.717) is 25.2 Å². The van der Waals surface area contributed by atoms with Crippen LogP contribution in [-0.2, 0) is 17.1 Å². The van der Waals surface area contributed by atoms with Crippen molar-refractivity contribution < 1.29 is 40.9 Å². The highest BCUT2D eigenvalue weighted by Crippen LogP contribution is 2.38. The summed E-state index contributed by atoms with van der Waals surface area (Å²) in [5.74, 6) is -1.77. The summed E-state index contributed by atoms with van der Waals surface area (Å²) >= 11 is 0. The van der Waals surface area contributed by atoms with Crippen molar-refractivity contribution in [2.45, 2.75) is 38.1 Å². The van der Waals surface area contributed by atoms with E-state index in [0.717, 1.165) is 5.56 Å². The van der Waals surface area contributed by atoms with Crippen molar-refractivity contribution in [1.29, 1.82) is 0 Å². The lowest BCUT2D eigenvalue weighted by Gasteiger charge is -2.25. The highest BCUT2D eigenvalue weighted by molar-refractivity contribution is 6.45. The number of benzene rings is 2. The number of esters is 1. The van der Waals surface area contributed by atoms with Crippen LogP contribution in [-0.4, -0.2) is 42.0 Å². The highest BCUT2D eigenvalue weighted by atomic mass is 19.4. The van der Waals surface area contributed by atoms with Crippen molar-refractivity contribution in [2.75, 3.05) is 13.1 Å². The zero-order valence-corrected chi connectivity index (χ0v) is 17.8. The monoisotopic (exact) mass is 473 g/mol. The number of hydrogen-bond donors (Lipinski definition) is 1. The van der Waals surface area contributed by atoms with Gasteiger partial charge in [-0.3, -0.25) is 0 Å². The molecule has 11 heteroatoms. The van der Waals surface area contributed by atoms with Gasteiger partial charge in [0.05, 0.1) is 16.7 Å². The fraction of sp³-hybridized carbons (Fsp3) is 0.409. The second kappa shape index (κ2) is 9.38. The summed E-state index contributed by atoms with van der Waals surface area (Å²) in [6, 6.07) is 9.91. The molecule has 0 saturated carbocycles. The van der Waals surface area contributed by atoms with Gasteiger partial charge in [0.25, 0.3) is 0 Å². The first kappa shape index (κ1) is 25.1. The van der Waals surface area contributed by atoms with E-state index in [4.69, 9.17) is 4.74 Å². The van der Waals surface area contributed by atoms with E-state index in [1.165, 1.54) is 0 Å². The third-order valence-corrected chi connectivity index (χ3v) is 5.87. The molecule has 0 bridgehead atoms. The first-order chi connectivity index (χ1) is 15.3. The third-order valence-electron chi connectivity index (χ3n) is 5.87. The smallest absolute Gasteiger partial charge is 0.416 e. The summed E-state index contributed by atoms with van der Waals surface area (Å²) in [6.45, 7) is 3.92. The van der Waals surface area contributed by atoms with E-state index < -0.39 is 48.2 Å². The zero-order valence-electron chi connectivity index (χ0n) is 17.8. The summed E-state index contributed by atoms with van der Waals surface area (Å²) in [4.78, 5) is 14.4. The first-order valence-electron chi connectivity index (χ1n) is 10.2. The van der Waals surface area contributed by atoms with Crippen LogP contribution >= 0.6 is 0 Å². The molecular weight excluding hydrogens is 451 g/mol. The van der Waals surface area contributed by atoms with Gasteiger partial charge in [0.15, 0.2) is 0 Å². The Morgan fingerprint density at radius 2 is 1.58 bits per heavy atom. The van der Waals surface area contributed by atoms with Crippen molar-refractivity contribution in [3.8, 4) is 0 Å². The quantitative estimate of drug-likeness (QED) is 0.373. The summed E-state index contributed by atoms with van der Waals surface area (Å²) < 4.78 is 84.1. The molecule has 33 heavy (non-hydrogen) atoms. The Bertz CT molecular complexity index is 948. The lowest BCUT2D eigenvalue weighted by atomic mass is 9.85. The Balaban J connectivity index is 1.87. The topological polar surface area (TPSA) is 49.8 Å². The fourth-order valence-corrected chi connectivity index (χ4v) is 4.09. The van der Waals surface area contributed by atoms with Gasteiger partial charge in [0, 0.05) is 11.8 Å². The van der Waals surface area contributed by atoms with Gasteiger partial charge in [-0.25, -0.2) is 4.79 Å². The predicted molar refractivity (Wildman–Crippen MR) is 109 cm³/mol. The fourth-order valence-electron chi connectivity index (χ4n) is 4.09. The molecule has 0 aliphatic carbocycles. The maximum atomic E-state index is 13.1. The van der Waals surface area contributed by atoms with Gasteiger partial charge < -0.3 is 14.6 Å². The molecule has 1 aliphatic rings. The van der Waals surface area contributed by atoms with Crippen LogP contribution in [0.25, 0.3) is 0 Å². The molecule has 1 fully saturated rings. The summed E-state index contributed by atoms with van der Waals surface area (Å²) in [7, 11) is -0.776. The number of carbonyl (C=O) groups excluding carboxylic acids is 1. The largest absolute Gasteiger partial charge is 0.459 e. The average Bonchev–Trinajstić information content (AvgIpc) is 3.19. The molecule has 0 spiro atoms. The lowest BCUT2D eigenvalue weighted by molar-refractivity contribution is -0.143. The number of alkyl halides is 6. The molecule has 0 aromatic heterocycles. The number of nitrogens with zero attached hydrogens (tertiary/aromatic N) is 1. The van der Waals surface area contributed by atoms with Crippen LogP contribution in [0.4, 0.5) is 26.3 Å². The van der Waals surface area contributed by atoms with Gasteiger partial charge in [0.1, 0.15) is 6.10 Å². The number of ether oxygens (including phenoxy) is 1. The third kappa shape index (κ3) is 5.89. The molecule has 3 atom stereocenters. The minimum absolute atomic E-state index is 0.0386. The van der Waals surface area contributed by atoms with Gasteiger partial charge >= 0.3 is 25.4 Å². The Hall–Kier alpha value is -2.53. The first-order valence-corrected chi connectivity index (χ1v) is 10.2. The second-order valence-corrected chi connectivity index (χ2v) is 8.17. The van der Waals surface area contributed by atoms with Crippen LogP contribution < -0.4 is 0 Å². The van der Waals surface area contributed by atoms with Crippen LogP contribution in [0.1, 0.15) is 39.9 Å². The van der Waals surface area contributed by atoms with Crippen LogP contribution in [0.3, 0.4) is 0 Å². The minimum Gasteiger partial charge on any atom is -0.459 e. The molecule has 1 heterocycles. The predicted octanol–water partition coefficient (Wildman–Crippen LogP) is 5.10. The molecule has 1 aliphatic heterocycles. The summed E-state index contributed by atoms with van der Waals surface area (Å²) in [5, 5.41) is 9.99. The number of hydrogen-bond acceptors (Lipinski definition) is 4. The minimum atomic E-state index is -5.07. The van der Waals surface area contributed by atoms with Crippen molar-refractivity contribution in [2.24, 2.45) is 5.92 Å². The van der Waals surface area contributed by atoms with Gasteiger partial charge in [-0.05, 0) is 50.6 Å². The van der Waals surface area contributed by atoms with Crippen molar-refractivity contribution >= 4 is 13.0 Å². The average molecular weight is 473 g/mol. The highest BCUT2D eigenvalue weighted by Gasteiger charge is 2.42. The van der Waals surface area contributed by atoms with E-state index in [9.17, 15) is 36.2 Å². The summed E-state index contributed by atoms with van der Waals surface area (Å²) in [5.41, 5.74) is -3.07. The molecule has 2 unspecified atom stereocenters. The maximum absolute atomic E-state index is 13.1. The van der Waals surface area contributed by atoms with Crippen molar-refractivity contribution in [3.63, 3.8) is 0 Å². The Labute approximate surface area is 187 Å². The SMILES string of the molecule is CB(O)N1CC(c2ccccc2)[C@H](C(C)OC(=O)c2cc(C(F)(F)F)cc(C(F)(F)F)c2)C1. The lowest BCUT2D eigenvalue weighted by Crippen LogP contribution is -2.36. The molecule has 4 nitrogen and oxygen atoms in total. The van der Waals surface area contributed by atoms with Gasteiger partial charge in [-0.1, -0.05) is 30.3 Å². The summed E-state index contributed by atoms with van der Waals surface area (Å²) in [6.07, 6.45) is -11.0. The van der Waals surface area contributed by atoms with Crippen LogP contribution in [0.5, 0.6) is 0 Å². The van der Waals surface area contributed by atoms with Crippen molar-refractivity contribution in [3.05, 3.63) is 70.8 Å². The second-order valence-electron chi connectivity index (χ2n) is 8.17. The molecule has 3 rings (SSSR count). The number of halogens is 6. The van der Waals surface area contributed by atoms with Gasteiger partial charge in [0.2, 0.25) is 0 Å². The van der Waals surface area contributed by atoms with Gasteiger partial charge in [-0.2, -0.15) is 26.3 Å².